The largest absolute Gasteiger partial charge is 0.496 e. The molecular weight excluding hydrogens is 329 g/mol. The average Bonchev–Trinajstić information content (AvgIpc) is 2.43. The molecule has 1 aliphatic heterocycles. The molecule has 22 heavy (non-hydrogen) atoms. The summed E-state index contributed by atoms with van der Waals surface area (Å²) in [5.41, 5.74) is -1.13. The Balaban J connectivity index is 2.72. The van der Waals surface area contributed by atoms with E-state index in [4.69, 9.17) is 30.9 Å². The summed E-state index contributed by atoms with van der Waals surface area (Å²) in [5.74, 6) is -1.89. The van der Waals surface area contributed by atoms with Gasteiger partial charge in [-0.15, -0.1) is 0 Å². The van der Waals surface area contributed by atoms with Crippen molar-refractivity contribution in [3.05, 3.63) is 23.3 Å². The summed E-state index contributed by atoms with van der Waals surface area (Å²) < 4.78 is 54.2. The quantitative estimate of drug-likeness (QED) is 0.858. The van der Waals surface area contributed by atoms with Gasteiger partial charge in [0.25, 0.3) is 0 Å². The molecule has 0 saturated heterocycles. The molecular formula is C13H10ClF3O5. The smallest absolute Gasteiger partial charge is 0.448 e. The fourth-order valence-corrected chi connectivity index (χ4v) is 2.16. The zero-order valence-electron chi connectivity index (χ0n) is 11.3. The summed E-state index contributed by atoms with van der Waals surface area (Å²) in [6, 6.07) is 2.54. The van der Waals surface area contributed by atoms with Crippen LogP contribution in [0.5, 0.6) is 17.2 Å². The predicted octanol–water partition coefficient (Wildman–Crippen LogP) is 3.06. The van der Waals surface area contributed by atoms with Gasteiger partial charge in [0.1, 0.15) is 22.8 Å². The van der Waals surface area contributed by atoms with Crippen molar-refractivity contribution >= 4 is 23.6 Å². The molecule has 0 aliphatic carbocycles. The molecule has 0 fully saturated rings. The van der Waals surface area contributed by atoms with Gasteiger partial charge in [0.15, 0.2) is 0 Å². The number of halogens is 4. The number of carboxylic acid groups (broad SMARTS) is 1. The van der Waals surface area contributed by atoms with E-state index in [0.29, 0.717) is 0 Å². The van der Waals surface area contributed by atoms with Crippen molar-refractivity contribution in [3.63, 3.8) is 0 Å². The lowest BCUT2D eigenvalue weighted by Crippen LogP contribution is -2.50. The van der Waals surface area contributed by atoms with E-state index in [1.165, 1.54) is 20.3 Å². The lowest BCUT2D eigenvalue weighted by Gasteiger charge is -2.34. The first-order valence-corrected chi connectivity index (χ1v) is 6.18. The van der Waals surface area contributed by atoms with Gasteiger partial charge in [-0.1, -0.05) is 11.6 Å². The lowest BCUT2D eigenvalue weighted by atomic mass is 9.99. The number of hydrogen-bond acceptors (Lipinski definition) is 4. The minimum atomic E-state index is -5.15. The molecule has 0 aromatic heterocycles. The maximum absolute atomic E-state index is 13.2. The molecule has 5 nitrogen and oxygen atoms in total. The third-order valence-corrected chi connectivity index (χ3v) is 3.51. The lowest BCUT2D eigenvalue weighted by molar-refractivity contribution is -0.204. The van der Waals surface area contributed by atoms with Gasteiger partial charge in [-0.3, -0.25) is 0 Å². The minimum Gasteiger partial charge on any atom is -0.496 e. The molecule has 1 heterocycles. The maximum Gasteiger partial charge on any atom is 0.448 e. The summed E-state index contributed by atoms with van der Waals surface area (Å²) in [6.07, 6.45) is -4.37. The third kappa shape index (κ3) is 2.43. The Bertz CT molecular complexity index is 656. The zero-order chi connectivity index (χ0) is 16.7. The van der Waals surface area contributed by atoms with Crippen LogP contribution >= 0.6 is 11.6 Å². The second kappa shape index (κ2) is 5.28. The zero-order valence-corrected chi connectivity index (χ0v) is 12.1. The fourth-order valence-electron chi connectivity index (χ4n) is 1.94. The normalized spacial score (nSPS) is 20.5. The van der Waals surface area contributed by atoms with Gasteiger partial charge < -0.3 is 19.3 Å². The summed E-state index contributed by atoms with van der Waals surface area (Å²) in [6.45, 7) is 0. The van der Waals surface area contributed by atoms with Crippen LogP contribution in [0.1, 0.15) is 5.56 Å². The van der Waals surface area contributed by atoms with E-state index in [1.54, 1.807) is 0 Å². The van der Waals surface area contributed by atoms with Crippen LogP contribution < -0.4 is 14.2 Å². The van der Waals surface area contributed by atoms with E-state index in [-0.39, 0.29) is 22.8 Å². The number of methoxy groups -OCH3 is 2. The number of benzene rings is 1. The summed E-state index contributed by atoms with van der Waals surface area (Å²) in [4.78, 5) is 11.2. The van der Waals surface area contributed by atoms with Crippen LogP contribution in [-0.4, -0.2) is 36.5 Å². The van der Waals surface area contributed by atoms with E-state index in [0.717, 1.165) is 12.1 Å². The van der Waals surface area contributed by atoms with Gasteiger partial charge in [0.05, 0.1) is 19.8 Å². The van der Waals surface area contributed by atoms with Crippen molar-refractivity contribution in [1.82, 2.24) is 0 Å². The Morgan fingerprint density at radius 1 is 1.32 bits per heavy atom. The minimum absolute atomic E-state index is 0.0289. The number of rotatable bonds is 3. The molecule has 0 bridgehead atoms. The molecule has 1 N–H and O–H groups in total. The Kier molecular flexibility index (Phi) is 3.90. The van der Waals surface area contributed by atoms with Crippen LogP contribution in [0.15, 0.2) is 17.7 Å². The molecule has 1 atom stereocenters. The van der Waals surface area contributed by atoms with Crippen molar-refractivity contribution in [1.29, 1.82) is 0 Å². The van der Waals surface area contributed by atoms with Gasteiger partial charge in [0, 0.05) is 12.1 Å². The van der Waals surface area contributed by atoms with Crippen molar-refractivity contribution in [2.45, 2.75) is 11.2 Å². The first-order valence-electron chi connectivity index (χ1n) is 5.80. The fraction of sp³-hybridized carbons (Fsp3) is 0.308. The number of aliphatic carboxylic acids is 1. The monoisotopic (exact) mass is 338 g/mol. The first kappa shape index (κ1) is 16.3. The molecule has 0 spiro atoms. The predicted molar refractivity (Wildman–Crippen MR) is 70.4 cm³/mol. The Labute approximate surface area is 127 Å². The van der Waals surface area contributed by atoms with Crippen LogP contribution in [0.25, 0.3) is 6.08 Å². The van der Waals surface area contributed by atoms with Crippen LogP contribution in [0.2, 0.25) is 0 Å². The highest BCUT2D eigenvalue weighted by molar-refractivity contribution is 6.29. The van der Waals surface area contributed by atoms with Gasteiger partial charge in [-0.05, 0) is 6.08 Å². The van der Waals surface area contributed by atoms with Gasteiger partial charge in [-0.25, -0.2) is 4.79 Å². The number of alkyl halides is 4. The van der Waals surface area contributed by atoms with Crippen LogP contribution in [-0.2, 0) is 4.79 Å². The van der Waals surface area contributed by atoms with Crippen molar-refractivity contribution in [3.8, 4) is 17.2 Å². The highest BCUT2D eigenvalue weighted by Crippen LogP contribution is 2.50. The molecule has 1 aromatic carbocycles. The molecule has 0 radical (unpaired) electrons. The standard InChI is InChI=1S/C13H10ClF3O5/c1-20-6-3-9(21-2)7-5-8(11(18)19)12(14,13(15,16)17)22-10(7)4-6/h3-5H,1-2H3,(H,18,19). The van der Waals surface area contributed by atoms with Gasteiger partial charge in [-0.2, -0.15) is 13.2 Å². The molecule has 1 aromatic rings. The molecule has 9 heteroatoms. The number of ether oxygens (including phenoxy) is 3. The van der Waals surface area contributed by atoms with Gasteiger partial charge >= 0.3 is 17.2 Å². The Morgan fingerprint density at radius 3 is 2.41 bits per heavy atom. The second-order valence-corrected chi connectivity index (χ2v) is 4.83. The summed E-state index contributed by atoms with van der Waals surface area (Å²) in [7, 11) is 2.58. The van der Waals surface area contributed by atoms with Gasteiger partial charge in [0.2, 0.25) is 0 Å². The maximum atomic E-state index is 13.2. The van der Waals surface area contributed by atoms with Crippen LogP contribution in [0.4, 0.5) is 13.2 Å². The third-order valence-electron chi connectivity index (χ3n) is 3.01. The number of hydrogen-bond donors (Lipinski definition) is 1. The Morgan fingerprint density at radius 2 is 1.95 bits per heavy atom. The van der Waals surface area contributed by atoms with Crippen molar-refractivity contribution < 1.29 is 37.3 Å². The van der Waals surface area contributed by atoms with E-state index < -0.39 is 22.8 Å². The first-order chi connectivity index (χ1) is 10.1. The van der Waals surface area contributed by atoms with Crippen LogP contribution in [0, 0.1) is 0 Å². The van der Waals surface area contributed by atoms with Crippen LogP contribution in [0.3, 0.4) is 0 Å². The van der Waals surface area contributed by atoms with E-state index in [9.17, 15) is 18.0 Å². The molecule has 0 amide bonds. The second-order valence-electron chi connectivity index (χ2n) is 4.30. The molecule has 0 saturated carbocycles. The number of fused-ring (bicyclic) bond motifs is 1. The summed E-state index contributed by atoms with van der Waals surface area (Å²) in [5, 5.41) is 5.53. The molecule has 1 unspecified atom stereocenters. The number of carboxylic acids is 1. The van der Waals surface area contributed by atoms with E-state index >= 15 is 0 Å². The molecule has 1 aliphatic rings. The highest BCUT2D eigenvalue weighted by atomic mass is 35.5. The summed E-state index contributed by atoms with van der Waals surface area (Å²) >= 11 is 5.45. The topological polar surface area (TPSA) is 65.0 Å². The van der Waals surface area contributed by atoms with Crippen molar-refractivity contribution in [2.75, 3.05) is 14.2 Å². The van der Waals surface area contributed by atoms with E-state index in [2.05, 4.69) is 0 Å². The van der Waals surface area contributed by atoms with Crippen molar-refractivity contribution in [2.24, 2.45) is 0 Å². The molecule has 2 rings (SSSR count). The average molecular weight is 339 g/mol. The number of carbonyl (C=O) groups is 1. The van der Waals surface area contributed by atoms with E-state index in [1.807, 2.05) is 0 Å². The Hall–Kier alpha value is -2.09. The molecule has 120 valence electrons. The highest BCUT2D eigenvalue weighted by Gasteiger charge is 2.62. The SMILES string of the molecule is COc1cc(OC)c2c(c1)OC(Cl)(C(F)(F)F)C(C(=O)O)=C2.